The van der Waals surface area contributed by atoms with Crippen molar-refractivity contribution in [2.75, 3.05) is 19.8 Å². The minimum absolute atomic E-state index is 0.0205. The van der Waals surface area contributed by atoms with Gasteiger partial charge in [-0.2, -0.15) is 0 Å². The summed E-state index contributed by atoms with van der Waals surface area (Å²) in [4.78, 5) is 33.2. The van der Waals surface area contributed by atoms with E-state index in [9.17, 15) is 14.4 Å². The number of ether oxygens (including phenoxy) is 1. The number of morpholine rings is 1. The van der Waals surface area contributed by atoms with Crippen molar-refractivity contribution in [3.05, 3.63) is 12.2 Å². The van der Waals surface area contributed by atoms with E-state index in [1.807, 2.05) is 0 Å². The Morgan fingerprint density at radius 2 is 2.00 bits per heavy atom. The summed E-state index contributed by atoms with van der Waals surface area (Å²) >= 11 is 0. The first-order valence-electron chi connectivity index (χ1n) is 3.91. The predicted octanol–water partition coefficient (Wildman–Crippen LogP) is -0.987. The average molecular weight is 199 g/mol. The molecule has 1 saturated heterocycles. The van der Waals surface area contributed by atoms with Crippen LogP contribution in [0.1, 0.15) is 0 Å². The van der Waals surface area contributed by atoms with Crippen LogP contribution in [-0.4, -0.2) is 47.5 Å². The maximum atomic E-state index is 11.1. The molecule has 0 bridgehead atoms. The van der Waals surface area contributed by atoms with Gasteiger partial charge in [-0.25, -0.2) is 4.79 Å². The van der Waals surface area contributed by atoms with Gasteiger partial charge in [0.15, 0.2) is 0 Å². The summed E-state index contributed by atoms with van der Waals surface area (Å²) in [5.74, 6) is -2.01. The van der Waals surface area contributed by atoms with Crippen molar-refractivity contribution in [2.24, 2.45) is 0 Å². The van der Waals surface area contributed by atoms with Gasteiger partial charge in [-0.1, -0.05) is 6.08 Å². The van der Waals surface area contributed by atoms with Gasteiger partial charge in [0.2, 0.25) is 0 Å². The van der Waals surface area contributed by atoms with Crippen LogP contribution >= 0.6 is 0 Å². The highest BCUT2D eigenvalue weighted by Crippen LogP contribution is 2.00. The van der Waals surface area contributed by atoms with Gasteiger partial charge in [0.1, 0.15) is 13.2 Å². The Kier molecular flexibility index (Phi) is 3.35. The molecule has 0 aromatic carbocycles. The molecule has 0 atom stereocenters. The Hall–Kier alpha value is -1.69. The molecule has 0 aromatic heterocycles. The van der Waals surface area contributed by atoms with E-state index in [-0.39, 0.29) is 19.8 Å². The Morgan fingerprint density at radius 1 is 1.43 bits per heavy atom. The monoisotopic (exact) mass is 199 g/mol. The number of hydrogen-bond donors (Lipinski definition) is 1. The molecule has 1 N–H and O–H groups in total. The van der Waals surface area contributed by atoms with E-state index in [1.54, 1.807) is 0 Å². The Labute approximate surface area is 79.8 Å². The van der Waals surface area contributed by atoms with Crippen molar-refractivity contribution < 1.29 is 24.2 Å². The van der Waals surface area contributed by atoms with Gasteiger partial charge in [0, 0.05) is 12.6 Å². The third kappa shape index (κ3) is 2.67. The normalized spacial score (nSPS) is 17.9. The number of carbonyl (C=O) groups is 3. The zero-order chi connectivity index (χ0) is 10.6. The first kappa shape index (κ1) is 10.4. The molecule has 0 spiro atoms. The summed E-state index contributed by atoms with van der Waals surface area (Å²) < 4.78 is 4.67. The number of aliphatic carboxylic acids is 1. The first-order chi connectivity index (χ1) is 6.61. The number of nitrogens with zero attached hydrogens (tertiary/aromatic N) is 1. The number of amides is 2. The van der Waals surface area contributed by atoms with E-state index in [1.165, 1.54) is 6.08 Å². The largest absolute Gasteiger partial charge is 0.478 e. The van der Waals surface area contributed by atoms with Crippen molar-refractivity contribution in [2.45, 2.75) is 0 Å². The highest BCUT2D eigenvalue weighted by molar-refractivity contribution is 5.98. The Bertz CT molecular complexity index is 280. The van der Waals surface area contributed by atoms with Crippen LogP contribution in [0.3, 0.4) is 0 Å². The van der Waals surface area contributed by atoms with Gasteiger partial charge in [-0.05, 0) is 0 Å². The maximum Gasteiger partial charge on any atom is 0.328 e. The highest BCUT2D eigenvalue weighted by atomic mass is 16.5. The van der Waals surface area contributed by atoms with Crippen molar-refractivity contribution in [3.8, 4) is 0 Å². The summed E-state index contributed by atoms with van der Waals surface area (Å²) in [5, 5.41) is 8.27. The molecule has 1 heterocycles. The topological polar surface area (TPSA) is 83.9 Å². The lowest BCUT2D eigenvalue weighted by atomic mass is 10.3. The maximum absolute atomic E-state index is 11.1. The minimum atomic E-state index is -1.11. The van der Waals surface area contributed by atoms with Crippen LogP contribution in [0.5, 0.6) is 0 Å². The van der Waals surface area contributed by atoms with Gasteiger partial charge in [0.05, 0.1) is 0 Å². The molecule has 1 rings (SSSR count). The molecule has 1 fully saturated rings. The number of carbonyl (C=O) groups excluding carboxylic acids is 2. The smallest absolute Gasteiger partial charge is 0.328 e. The fraction of sp³-hybridized carbons (Fsp3) is 0.375. The Morgan fingerprint density at radius 3 is 2.50 bits per heavy atom. The molecule has 0 aromatic rings. The van der Waals surface area contributed by atoms with Crippen molar-refractivity contribution in [1.82, 2.24) is 4.90 Å². The zero-order valence-electron chi connectivity index (χ0n) is 7.30. The minimum Gasteiger partial charge on any atom is -0.478 e. The highest BCUT2D eigenvalue weighted by Gasteiger charge is 2.25. The second kappa shape index (κ2) is 4.52. The fourth-order valence-corrected chi connectivity index (χ4v) is 0.983. The molecule has 6 nitrogen and oxygen atoms in total. The standard InChI is InChI=1S/C8H9NO5/c10-6-4-14-5-7(11)9(6)3-1-2-8(12)13/h1-2H,3-5H2,(H,12,13)/b2-1+. The molecule has 0 saturated carbocycles. The molecular weight excluding hydrogens is 190 g/mol. The third-order valence-corrected chi connectivity index (χ3v) is 1.60. The number of carboxylic acid groups (broad SMARTS) is 1. The summed E-state index contributed by atoms with van der Waals surface area (Å²) in [6, 6.07) is 0. The number of carboxylic acids is 1. The molecular formula is C8H9NO5. The molecule has 1 aliphatic heterocycles. The molecule has 1 aliphatic rings. The van der Waals surface area contributed by atoms with Crippen LogP contribution in [0.2, 0.25) is 0 Å². The average Bonchev–Trinajstić information content (AvgIpc) is 2.09. The molecule has 2 amide bonds. The van der Waals surface area contributed by atoms with E-state index in [4.69, 9.17) is 5.11 Å². The summed E-state index contributed by atoms with van der Waals surface area (Å²) in [6.45, 7) is -0.285. The van der Waals surface area contributed by atoms with E-state index < -0.39 is 17.8 Å². The lowest BCUT2D eigenvalue weighted by Gasteiger charge is -2.23. The molecule has 0 unspecified atom stereocenters. The van der Waals surface area contributed by atoms with Crippen molar-refractivity contribution in [1.29, 1.82) is 0 Å². The van der Waals surface area contributed by atoms with Gasteiger partial charge in [0.25, 0.3) is 11.8 Å². The van der Waals surface area contributed by atoms with E-state index in [0.717, 1.165) is 11.0 Å². The number of rotatable bonds is 3. The van der Waals surface area contributed by atoms with Crippen molar-refractivity contribution in [3.63, 3.8) is 0 Å². The summed E-state index contributed by atoms with van der Waals surface area (Å²) in [6.07, 6.45) is 2.12. The second-order valence-electron chi connectivity index (χ2n) is 2.63. The molecule has 76 valence electrons. The van der Waals surface area contributed by atoms with E-state index in [2.05, 4.69) is 4.74 Å². The SMILES string of the molecule is O=C(O)/C=C/CN1C(=O)COCC1=O. The Balaban J connectivity index is 2.52. The molecule has 0 aliphatic carbocycles. The first-order valence-corrected chi connectivity index (χ1v) is 3.91. The van der Waals surface area contributed by atoms with Crippen LogP contribution in [-0.2, 0) is 19.1 Å². The third-order valence-electron chi connectivity index (χ3n) is 1.60. The fourth-order valence-electron chi connectivity index (χ4n) is 0.983. The van der Waals surface area contributed by atoms with Crippen molar-refractivity contribution >= 4 is 17.8 Å². The molecule has 14 heavy (non-hydrogen) atoms. The van der Waals surface area contributed by atoms with Crippen LogP contribution in [0.4, 0.5) is 0 Å². The lowest BCUT2D eigenvalue weighted by molar-refractivity contribution is -0.157. The summed E-state index contributed by atoms with van der Waals surface area (Å²) in [7, 11) is 0. The van der Waals surface area contributed by atoms with Crippen LogP contribution < -0.4 is 0 Å². The van der Waals surface area contributed by atoms with Gasteiger partial charge >= 0.3 is 5.97 Å². The van der Waals surface area contributed by atoms with Crippen LogP contribution in [0.25, 0.3) is 0 Å². The van der Waals surface area contributed by atoms with E-state index >= 15 is 0 Å². The van der Waals surface area contributed by atoms with Gasteiger partial charge in [-0.3, -0.25) is 14.5 Å². The molecule has 0 radical (unpaired) electrons. The van der Waals surface area contributed by atoms with Gasteiger partial charge < -0.3 is 9.84 Å². The molecule has 6 heteroatoms. The lowest BCUT2D eigenvalue weighted by Crippen LogP contribution is -2.46. The second-order valence-corrected chi connectivity index (χ2v) is 2.63. The van der Waals surface area contributed by atoms with Gasteiger partial charge in [-0.15, -0.1) is 0 Å². The number of hydrogen-bond acceptors (Lipinski definition) is 4. The van der Waals surface area contributed by atoms with Crippen LogP contribution in [0.15, 0.2) is 12.2 Å². The van der Waals surface area contributed by atoms with E-state index in [0.29, 0.717) is 0 Å². The zero-order valence-corrected chi connectivity index (χ0v) is 7.30. The number of imide groups is 1. The quantitative estimate of drug-likeness (QED) is 0.466. The van der Waals surface area contributed by atoms with Crippen LogP contribution in [0, 0.1) is 0 Å². The summed E-state index contributed by atoms with van der Waals surface area (Å²) in [5.41, 5.74) is 0. The predicted molar refractivity (Wildman–Crippen MR) is 44.3 cm³/mol.